The van der Waals surface area contributed by atoms with E-state index in [1.165, 1.54) is 30.3 Å². The molecule has 0 amide bonds. The first-order valence-corrected chi connectivity index (χ1v) is 7.10. The van der Waals surface area contributed by atoms with Gasteiger partial charge in [-0.05, 0) is 29.8 Å². The SMILES string of the molecule is O=C(O)c1cccc(/C=C/c2c(C(=O)O)ccc(C(=O)O)c2C(=O)O)c1. The second-order valence-corrected chi connectivity index (χ2v) is 5.13. The lowest BCUT2D eigenvalue weighted by Gasteiger charge is -2.09. The minimum Gasteiger partial charge on any atom is -0.478 e. The molecule has 0 aliphatic carbocycles. The molecule has 0 fully saturated rings. The Morgan fingerprint density at radius 3 is 1.85 bits per heavy atom. The van der Waals surface area contributed by atoms with Crippen molar-refractivity contribution in [3.63, 3.8) is 0 Å². The fraction of sp³-hybridized carbons (Fsp3) is 0. The molecule has 2 aromatic carbocycles. The number of hydrogen-bond donors (Lipinski definition) is 4. The van der Waals surface area contributed by atoms with Crippen molar-refractivity contribution in [2.24, 2.45) is 0 Å². The molecule has 0 radical (unpaired) electrons. The Bertz CT molecular complexity index is 956. The first-order chi connectivity index (χ1) is 12.2. The summed E-state index contributed by atoms with van der Waals surface area (Å²) in [5, 5.41) is 36.7. The molecule has 0 saturated carbocycles. The van der Waals surface area contributed by atoms with Crippen molar-refractivity contribution in [1.82, 2.24) is 0 Å². The van der Waals surface area contributed by atoms with Crippen LogP contribution in [0.15, 0.2) is 36.4 Å². The van der Waals surface area contributed by atoms with E-state index in [0.29, 0.717) is 5.56 Å². The summed E-state index contributed by atoms with van der Waals surface area (Å²) in [7, 11) is 0. The second-order valence-electron chi connectivity index (χ2n) is 5.13. The van der Waals surface area contributed by atoms with Gasteiger partial charge in [-0.1, -0.05) is 24.3 Å². The number of carboxylic acid groups (broad SMARTS) is 4. The van der Waals surface area contributed by atoms with E-state index in [1.54, 1.807) is 0 Å². The Kier molecular flexibility index (Phi) is 5.17. The lowest BCUT2D eigenvalue weighted by atomic mass is 9.94. The summed E-state index contributed by atoms with van der Waals surface area (Å²) in [4.78, 5) is 45.1. The lowest BCUT2D eigenvalue weighted by molar-refractivity contribution is 0.0649. The Morgan fingerprint density at radius 1 is 0.692 bits per heavy atom. The van der Waals surface area contributed by atoms with Crippen molar-refractivity contribution in [3.8, 4) is 0 Å². The zero-order chi connectivity index (χ0) is 19.4. The highest BCUT2D eigenvalue weighted by molar-refractivity contribution is 6.08. The molecule has 4 N–H and O–H groups in total. The highest BCUT2D eigenvalue weighted by atomic mass is 16.4. The molecule has 0 unspecified atom stereocenters. The first kappa shape index (κ1) is 18.4. The lowest BCUT2D eigenvalue weighted by Crippen LogP contribution is -2.13. The van der Waals surface area contributed by atoms with Crippen LogP contribution in [0.4, 0.5) is 0 Å². The van der Waals surface area contributed by atoms with E-state index in [1.807, 2.05) is 0 Å². The molecule has 8 nitrogen and oxygen atoms in total. The van der Waals surface area contributed by atoms with Crippen LogP contribution in [-0.4, -0.2) is 44.3 Å². The maximum atomic E-state index is 11.5. The van der Waals surface area contributed by atoms with Gasteiger partial charge in [-0.2, -0.15) is 0 Å². The Morgan fingerprint density at radius 2 is 1.31 bits per heavy atom. The van der Waals surface area contributed by atoms with Crippen molar-refractivity contribution in [2.75, 3.05) is 0 Å². The molecule has 0 aliphatic rings. The number of rotatable bonds is 6. The molecule has 26 heavy (non-hydrogen) atoms. The molecule has 0 atom stereocenters. The zero-order valence-corrected chi connectivity index (χ0v) is 13.0. The molecule has 2 aromatic rings. The predicted molar refractivity (Wildman–Crippen MR) is 89.6 cm³/mol. The number of aromatic carboxylic acids is 4. The van der Waals surface area contributed by atoms with Crippen LogP contribution in [0.25, 0.3) is 12.2 Å². The fourth-order valence-electron chi connectivity index (χ4n) is 2.34. The summed E-state index contributed by atoms with van der Waals surface area (Å²) >= 11 is 0. The van der Waals surface area contributed by atoms with Gasteiger partial charge in [-0.3, -0.25) is 0 Å². The van der Waals surface area contributed by atoms with Crippen LogP contribution in [0.1, 0.15) is 52.6 Å². The maximum Gasteiger partial charge on any atom is 0.337 e. The molecule has 0 heterocycles. The molecular formula is C18H12O8. The van der Waals surface area contributed by atoms with Gasteiger partial charge >= 0.3 is 23.9 Å². The van der Waals surface area contributed by atoms with Gasteiger partial charge in [0.15, 0.2) is 0 Å². The summed E-state index contributed by atoms with van der Waals surface area (Å²) in [6, 6.07) is 7.58. The van der Waals surface area contributed by atoms with E-state index in [9.17, 15) is 29.4 Å². The Hall–Kier alpha value is -3.94. The van der Waals surface area contributed by atoms with Gasteiger partial charge in [0.05, 0.1) is 22.3 Å². The van der Waals surface area contributed by atoms with Gasteiger partial charge < -0.3 is 20.4 Å². The summed E-state index contributed by atoms with van der Waals surface area (Å²) < 4.78 is 0. The summed E-state index contributed by atoms with van der Waals surface area (Å²) in [6.45, 7) is 0. The van der Waals surface area contributed by atoms with Crippen LogP contribution in [0.5, 0.6) is 0 Å². The second kappa shape index (κ2) is 7.31. The summed E-state index contributed by atoms with van der Waals surface area (Å²) in [6.07, 6.45) is 2.45. The molecule has 132 valence electrons. The Labute approximate surface area is 146 Å². The van der Waals surface area contributed by atoms with E-state index in [0.717, 1.165) is 18.2 Å². The van der Waals surface area contributed by atoms with E-state index >= 15 is 0 Å². The number of benzene rings is 2. The highest BCUT2D eigenvalue weighted by Crippen LogP contribution is 2.23. The highest BCUT2D eigenvalue weighted by Gasteiger charge is 2.24. The maximum absolute atomic E-state index is 11.5. The topological polar surface area (TPSA) is 149 Å². The van der Waals surface area contributed by atoms with Gasteiger partial charge in [0.25, 0.3) is 0 Å². The van der Waals surface area contributed by atoms with E-state index in [4.69, 9.17) is 10.2 Å². The first-order valence-electron chi connectivity index (χ1n) is 7.10. The zero-order valence-electron chi connectivity index (χ0n) is 13.0. The average Bonchev–Trinajstić information content (AvgIpc) is 2.58. The Balaban J connectivity index is 2.66. The number of hydrogen-bond acceptors (Lipinski definition) is 4. The third-order valence-corrected chi connectivity index (χ3v) is 3.50. The van der Waals surface area contributed by atoms with Crippen LogP contribution in [-0.2, 0) is 0 Å². The molecular weight excluding hydrogens is 344 g/mol. The summed E-state index contributed by atoms with van der Waals surface area (Å²) in [5.41, 5.74) is -1.55. The minimum atomic E-state index is -1.59. The van der Waals surface area contributed by atoms with Crippen LogP contribution in [0.2, 0.25) is 0 Å². The third-order valence-electron chi connectivity index (χ3n) is 3.50. The van der Waals surface area contributed by atoms with Crippen LogP contribution in [0.3, 0.4) is 0 Å². The quantitative estimate of drug-likeness (QED) is 0.577. The predicted octanol–water partition coefficient (Wildman–Crippen LogP) is 2.65. The van der Waals surface area contributed by atoms with E-state index in [-0.39, 0.29) is 11.1 Å². The van der Waals surface area contributed by atoms with Crippen LogP contribution >= 0.6 is 0 Å². The normalized spacial score (nSPS) is 10.6. The standard InChI is InChI=1S/C18H12O8/c19-15(20)10-3-1-2-9(8-10)4-5-11-12(16(21)22)6-7-13(17(23)24)14(11)18(25)26/h1-8H,(H,19,20)(H,21,22)(H,23,24)(H,25,26)/b5-4+. The fourth-order valence-corrected chi connectivity index (χ4v) is 2.34. The monoisotopic (exact) mass is 356 g/mol. The summed E-state index contributed by atoms with van der Waals surface area (Å²) in [5.74, 6) is -5.69. The molecule has 0 bridgehead atoms. The number of carboxylic acids is 4. The molecule has 0 spiro atoms. The van der Waals surface area contributed by atoms with Crippen LogP contribution in [0, 0.1) is 0 Å². The largest absolute Gasteiger partial charge is 0.478 e. The van der Waals surface area contributed by atoms with E-state index in [2.05, 4.69) is 0 Å². The molecule has 0 aromatic heterocycles. The average molecular weight is 356 g/mol. The van der Waals surface area contributed by atoms with Gasteiger partial charge in [0.1, 0.15) is 0 Å². The van der Waals surface area contributed by atoms with Crippen molar-refractivity contribution in [3.05, 3.63) is 69.8 Å². The minimum absolute atomic E-state index is 0.0108. The van der Waals surface area contributed by atoms with Gasteiger partial charge in [-0.25, -0.2) is 19.2 Å². The van der Waals surface area contributed by atoms with Gasteiger partial charge in [0.2, 0.25) is 0 Å². The number of carbonyl (C=O) groups is 4. The molecule has 8 heteroatoms. The van der Waals surface area contributed by atoms with Crippen molar-refractivity contribution >= 4 is 36.0 Å². The third kappa shape index (κ3) is 3.75. The molecule has 2 rings (SSSR count). The van der Waals surface area contributed by atoms with Crippen LogP contribution < -0.4 is 0 Å². The smallest absolute Gasteiger partial charge is 0.337 e. The van der Waals surface area contributed by atoms with Gasteiger partial charge in [0, 0.05) is 5.56 Å². The molecule has 0 saturated heterocycles. The van der Waals surface area contributed by atoms with Crippen molar-refractivity contribution in [1.29, 1.82) is 0 Å². The molecule has 0 aliphatic heterocycles. The van der Waals surface area contributed by atoms with E-state index < -0.39 is 40.6 Å². The van der Waals surface area contributed by atoms with Crippen molar-refractivity contribution in [2.45, 2.75) is 0 Å². The van der Waals surface area contributed by atoms with Gasteiger partial charge in [-0.15, -0.1) is 0 Å². The van der Waals surface area contributed by atoms with Crippen molar-refractivity contribution < 1.29 is 39.6 Å².